The molecule has 0 radical (unpaired) electrons. The first-order valence-corrected chi connectivity index (χ1v) is 4.96. The van der Waals surface area contributed by atoms with E-state index in [-0.39, 0.29) is 5.91 Å². The number of carbonyl (C=O) groups is 2. The van der Waals surface area contributed by atoms with Gasteiger partial charge in [-0.05, 0) is 19.1 Å². The minimum absolute atomic E-state index is 0.196. The second kappa shape index (κ2) is 4.14. The standard InChI is InChI=1S/C11H11N3O2/c1-2-12-11(16)9-5-13-10-4-3-8(7-15)6-14(9)10/h3-7H,2H2,1H3,(H,12,16). The number of amides is 1. The summed E-state index contributed by atoms with van der Waals surface area (Å²) in [5, 5.41) is 2.69. The predicted octanol–water partition coefficient (Wildman–Crippen LogP) is 0.897. The number of pyridine rings is 1. The number of hydrogen-bond acceptors (Lipinski definition) is 3. The van der Waals surface area contributed by atoms with Crippen molar-refractivity contribution in [2.75, 3.05) is 6.54 Å². The summed E-state index contributed by atoms with van der Waals surface area (Å²) in [6.45, 7) is 2.40. The van der Waals surface area contributed by atoms with E-state index in [0.29, 0.717) is 23.4 Å². The van der Waals surface area contributed by atoms with Gasteiger partial charge in [0, 0.05) is 18.3 Å². The highest BCUT2D eigenvalue weighted by atomic mass is 16.2. The topological polar surface area (TPSA) is 63.5 Å². The van der Waals surface area contributed by atoms with Gasteiger partial charge in [-0.1, -0.05) is 0 Å². The van der Waals surface area contributed by atoms with Crippen LogP contribution in [0.15, 0.2) is 24.5 Å². The van der Waals surface area contributed by atoms with Crippen molar-refractivity contribution < 1.29 is 9.59 Å². The van der Waals surface area contributed by atoms with Crippen molar-refractivity contribution in [3.8, 4) is 0 Å². The molecule has 0 bridgehead atoms. The molecule has 0 aliphatic rings. The molecule has 2 aromatic heterocycles. The second-order valence-corrected chi connectivity index (χ2v) is 3.31. The van der Waals surface area contributed by atoms with Crippen LogP contribution in [0, 0.1) is 0 Å². The van der Waals surface area contributed by atoms with Gasteiger partial charge in [-0.3, -0.25) is 14.0 Å². The van der Waals surface area contributed by atoms with E-state index in [0.717, 1.165) is 6.29 Å². The van der Waals surface area contributed by atoms with E-state index in [9.17, 15) is 9.59 Å². The summed E-state index contributed by atoms with van der Waals surface area (Å²) < 4.78 is 1.61. The van der Waals surface area contributed by atoms with Gasteiger partial charge >= 0.3 is 0 Å². The Morgan fingerprint density at radius 1 is 1.56 bits per heavy atom. The Balaban J connectivity index is 2.53. The maximum atomic E-state index is 11.7. The fraction of sp³-hybridized carbons (Fsp3) is 0.182. The lowest BCUT2D eigenvalue weighted by atomic mass is 10.3. The zero-order valence-corrected chi connectivity index (χ0v) is 8.80. The second-order valence-electron chi connectivity index (χ2n) is 3.31. The molecule has 0 aromatic carbocycles. The van der Waals surface area contributed by atoms with Crippen LogP contribution in [0.5, 0.6) is 0 Å². The monoisotopic (exact) mass is 217 g/mol. The van der Waals surface area contributed by atoms with Crippen molar-refractivity contribution in [1.82, 2.24) is 14.7 Å². The van der Waals surface area contributed by atoms with Crippen LogP contribution in [-0.4, -0.2) is 28.1 Å². The molecular formula is C11H11N3O2. The van der Waals surface area contributed by atoms with Gasteiger partial charge in [0.1, 0.15) is 11.3 Å². The summed E-state index contributed by atoms with van der Waals surface area (Å²) in [5.41, 5.74) is 1.59. The average molecular weight is 217 g/mol. The normalized spacial score (nSPS) is 10.3. The Hall–Kier alpha value is -2.17. The highest BCUT2D eigenvalue weighted by molar-refractivity contribution is 5.93. The summed E-state index contributed by atoms with van der Waals surface area (Å²) in [7, 11) is 0. The van der Waals surface area contributed by atoms with Gasteiger partial charge in [-0.25, -0.2) is 4.98 Å². The highest BCUT2D eigenvalue weighted by Gasteiger charge is 2.10. The number of hydrogen-bond donors (Lipinski definition) is 1. The first kappa shape index (κ1) is 10.4. The van der Waals surface area contributed by atoms with Gasteiger partial charge in [0.2, 0.25) is 0 Å². The van der Waals surface area contributed by atoms with Gasteiger partial charge in [-0.2, -0.15) is 0 Å². The van der Waals surface area contributed by atoms with Crippen LogP contribution in [0.3, 0.4) is 0 Å². The fourth-order valence-corrected chi connectivity index (χ4v) is 1.49. The Bertz CT molecular complexity index is 545. The molecule has 82 valence electrons. The first-order valence-electron chi connectivity index (χ1n) is 4.96. The number of fused-ring (bicyclic) bond motifs is 1. The Labute approximate surface area is 92.1 Å². The molecule has 2 heterocycles. The molecule has 5 nitrogen and oxygen atoms in total. The van der Waals surface area contributed by atoms with Crippen LogP contribution in [-0.2, 0) is 0 Å². The van der Waals surface area contributed by atoms with E-state index in [2.05, 4.69) is 10.3 Å². The number of nitrogens with zero attached hydrogens (tertiary/aromatic N) is 2. The maximum Gasteiger partial charge on any atom is 0.269 e. The molecule has 0 spiro atoms. The molecule has 0 fully saturated rings. The quantitative estimate of drug-likeness (QED) is 0.777. The molecular weight excluding hydrogens is 206 g/mol. The summed E-state index contributed by atoms with van der Waals surface area (Å²) in [6.07, 6.45) is 3.83. The molecule has 0 aliphatic carbocycles. The smallest absolute Gasteiger partial charge is 0.269 e. The number of aldehydes is 1. The predicted molar refractivity (Wildman–Crippen MR) is 58.6 cm³/mol. The van der Waals surface area contributed by atoms with Gasteiger partial charge < -0.3 is 5.32 Å². The van der Waals surface area contributed by atoms with Gasteiger partial charge in [0.05, 0.1) is 6.20 Å². The number of rotatable bonds is 3. The SMILES string of the molecule is CCNC(=O)c1cnc2ccc(C=O)cn12. The van der Waals surface area contributed by atoms with Gasteiger partial charge in [-0.15, -0.1) is 0 Å². The molecule has 1 amide bonds. The molecule has 5 heteroatoms. The van der Waals surface area contributed by atoms with Crippen LogP contribution in [0.25, 0.3) is 5.65 Å². The molecule has 0 atom stereocenters. The number of imidazole rings is 1. The van der Waals surface area contributed by atoms with Crippen LogP contribution in [0.4, 0.5) is 0 Å². The fourth-order valence-electron chi connectivity index (χ4n) is 1.49. The van der Waals surface area contributed by atoms with Gasteiger partial charge in [0.15, 0.2) is 6.29 Å². The van der Waals surface area contributed by atoms with E-state index >= 15 is 0 Å². The highest BCUT2D eigenvalue weighted by Crippen LogP contribution is 2.08. The first-order chi connectivity index (χ1) is 7.76. The average Bonchev–Trinajstić information content (AvgIpc) is 2.71. The van der Waals surface area contributed by atoms with Gasteiger partial charge in [0.25, 0.3) is 5.91 Å². The molecule has 16 heavy (non-hydrogen) atoms. The summed E-state index contributed by atoms with van der Waals surface area (Å²) in [4.78, 5) is 26.4. The Kier molecular flexibility index (Phi) is 2.68. The van der Waals surface area contributed by atoms with Crippen LogP contribution < -0.4 is 5.32 Å². The largest absolute Gasteiger partial charge is 0.351 e. The van der Waals surface area contributed by atoms with Crippen molar-refractivity contribution in [2.45, 2.75) is 6.92 Å². The lowest BCUT2D eigenvalue weighted by molar-refractivity contribution is 0.0949. The zero-order valence-electron chi connectivity index (χ0n) is 8.80. The summed E-state index contributed by atoms with van der Waals surface area (Å²) in [5.74, 6) is -0.196. The Morgan fingerprint density at radius 3 is 3.06 bits per heavy atom. The Morgan fingerprint density at radius 2 is 2.38 bits per heavy atom. The van der Waals surface area contributed by atoms with Crippen molar-refractivity contribution in [1.29, 1.82) is 0 Å². The minimum Gasteiger partial charge on any atom is -0.351 e. The van der Waals surface area contributed by atoms with E-state index in [1.165, 1.54) is 6.20 Å². The van der Waals surface area contributed by atoms with E-state index in [1.54, 1.807) is 22.7 Å². The third kappa shape index (κ3) is 1.67. The van der Waals surface area contributed by atoms with Crippen molar-refractivity contribution in [2.24, 2.45) is 0 Å². The third-order valence-electron chi connectivity index (χ3n) is 2.23. The molecule has 0 aliphatic heterocycles. The molecule has 0 saturated carbocycles. The van der Waals surface area contributed by atoms with Crippen molar-refractivity contribution >= 4 is 17.8 Å². The van der Waals surface area contributed by atoms with Crippen molar-refractivity contribution in [3.63, 3.8) is 0 Å². The number of nitrogens with one attached hydrogen (secondary N) is 1. The van der Waals surface area contributed by atoms with E-state index in [4.69, 9.17) is 0 Å². The molecule has 1 N–H and O–H groups in total. The van der Waals surface area contributed by atoms with Crippen LogP contribution in [0.2, 0.25) is 0 Å². The van der Waals surface area contributed by atoms with E-state index < -0.39 is 0 Å². The molecule has 0 unspecified atom stereocenters. The molecule has 2 aromatic rings. The molecule has 2 rings (SSSR count). The summed E-state index contributed by atoms with van der Waals surface area (Å²) in [6, 6.07) is 3.36. The lowest BCUT2D eigenvalue weighted by Crippen LogP contribution is -2.24. The van der Waals surface area contributed by atoms with Crippen LogP contribution in [0.1, 0.15) is 27.8 Å². The lowest BCUT2D eigenvalue weighted by Gasteiger charge is -2.02. The van der Waals surface area contributed by atoms with Crippen LogP contribution >= 0.6 is 0 Å². The maximum absolute atomic E-state index is 11.7. The van der Waals surface area contributed by atoms with E-state index in [1.807, 2.05) is 6.92 Å². The minimum atomic E-state index is -0.196. The summed E-state index contributed by atoms with van der Waals surface area (Å²) >= 11 is 0. The molecule has 0 saturated heterocycles. The zero-order chi connectivity index (χ0) is 11.5. The van der Waals surface area contributed by atoms with Crippen molar-refractivity contribution in [3.05, 3.63) is 35.8 Å². The number of aromatic nitrogens is 2. The number of carbonyl (C=O) groups excluding carboxylic acids is 2. The third-order valence-corrected chi connectivity index (χ3v) is 2.23.